The molecule has 0 spiro atoms. The topological polar surface area (TPSA) is 51.2 Å². The lowest BCUT2D eigenvalue weighted by molar-refractivity contribution is -0.143. The van der Waals surface area contributed by atoms with Gasteiger partial charge in [-0.25, -0.2) is 0 Å². The number of benzene rings is 3. The summed E-state index contributed by atoms with van der Waals surface area (Å²) in [7, 11) is -3.21. The van der Waals surface area contributed by atoms with E-state index in [0.717, 1.165) is 18.2 Å². The Morgan fingerprint density at radius 1 is 0.676 bits per heavy atom. The summed E-state index contributed by atoms with van der Waals surface area (Å²) >= 11 is 11.9. The molecule has 3 aromatic rings. The molecule has 0 aliphatic carbocycles. The monoisotopic (exact) mass is 537 g/mol. The van der Waals surface area contributed by atoms with E-state index < -0.39 is 59.0 Å². The van der Waals surface area contributed by atoms with Gasteiger partial charge in [-0.05, 0) is 36.4 Å². The second-order valence-electron chi connectivity index (χ2n) is 6.77. The smallest absolute Gasteiger partial charge is 0.289 e. The third-order valence-corrected chi connectivity index (χ3v) is 6.68. The minimum Gasteiger partial charge on any atom is -0.289 e. The van der Waals surface area contributed by atoms with Gasteiger partial charge in [0.05, 0.1) is 32.0 Å². The highest BCUT2D eigenvalue weighted by Gasteiger charge is 2.43. The summed E-state index contributed by atoms with van der Waals surface area (Å²) in [6.07, 6.45) is -10.6. The average Bonchev–Trinajstić information content (AvgIpc) is 2.76. The first-order valence-electron chi connectivity index (χ1n) is 9.12. The van der Waals surface area contributed by atoms with Crippen molar-refractivity contribution in [3.8, 4) is 0 Å². The van der Waals surface area contributed by atoms with Gasteiger partial charge in [0.15, 0.2) is 13.6 Å². The highest BCUT2D eigenvalue weighted by atomic mass is 35.5. The summed E-state index contributed by atoms with van der Waals surface area (Å²) in [4.78, 5) is 25.9. The van der Waals surface area contributed by atoms with Gasteiger partial charge in [-0.3, -0.25) is 14.2 Å². The lowest BCUT2D eigenvalue weighted by Crippen LogP contribution is -2.23. The molecule has 0 N–H and O–H groups in total. The summed E-state index contributed by atoms with van der Waals surface area (Å²) in [5.74, 6) is -1.70. The van der Waals surface area contributed by atoms with Gasteiger partial charge >= 0.3 is 12.4 Å². The van der Waals surface area contributed by atoms with Crippen molar-refractivity contribution in [3.63, 3.8) is 0 Å². The fourth-order valence-electron chi connectivity index (χ4n) is 3.16. The van der Waals surface area contributed by atoms with Gasteiger partial charge in [-0.1, -0.05) is 47.5 Å². The third kappa shape index (κ3) is 5.02. The quantitative estimate of drug-likeness (QED) is 0.192. The van der Waals surface area contributed by atoms with Crippen LogP contribution in [0.2, 0.25) is 10.0 Å². The maximum Gasteiger partial charge on any atom is 0.417 e. The van der Waals surface area contributed by atoms with Gasteiger partial charge in [-0.2, -0.15) is 26.3 Å². The standard InChI is InChI=1S/C22H10Cl2F6O3P/c23-14-8-4-9-15(24)18(14)20(32)34(33)16-10-2-1-5-11(16)19(31)17-12(21(25,26)27)6-3-7-13(17)22(28,29)30/h1-10H. The van der Waals surface area contributed by atoms with Crippen LogP contribution in [0.1, 0.15) is 37.4 Å². The Bertz CT molecular complexity index is 1270. The molecular formula is C22H10Cl2F6O3P. The van der Waals surface area contributed by atoms with Crippen molar-refractivity contribution >= 4 is 47.6 Å². The highest BCUT2D eigenvalue weighted by molar-refractivity contribution is 7.71. The maximum atomic E-state index is 13.5. The predicted molar refractivity (Wildman–Crippen MR) is 114 cm³/mol. The van der Waals surface area contributed by atoms with Gasteiger partial charge < -0.3 is 0 Å². The Balaban J connectivity index is 2.21. The summed E-state index contributed by atoms with van der Waals surface area (Å²) in [6.45, 7) is 0. The normalized spacial score (nSPS) is 12.4. The van der Waals surface area contributed by atoms with Crippen LogP contribution in [0.5, 0.6) is 0 Å². The van der Waals surface area contributed by atoms with Crippen molar-refractivity contribution < 1.29 is 40.5 Å². The Hall–Kier alpha value is -2.74. The fraction of sp³-hybridized carbons (Fsp3) is 0.0909. The Morgan fingerprint density at radius 3 is 1.65 bits per heavy atom. The number of carbonyl (C=O) groups is 2. The van der Waals surface area contributed by atoms with Gasteiger partial charge in [-0.15, -0.1) is 0 Å². The molecule has 0 amide bonds. The molecule has 0 saturated heterocycles. The molecule has 3 nitrogen and oxygen atoms in total. The van der Waals surface area contributed by atoms with Crippen molar-refractivity contribution in [2.24, 2.45) is 0 Å². The highest BCUT2D eigenvalue weighted by Crippen LogP contribution is 2.41. The largest absolute Gasteiger partial charge is 0.417 e. The zero-order valence-electron chi connectivity index (χ0n) is 16.5. The van der Waals surface area contributed by atoms with Crippen LogP contribution >= 0.6 is 31.0 Å². The number of ketones is 1. The van der Waals surface area contributed by atoms with E-state index in [1.807, 2.05) is 0 Å². The van der Waals surface area contributed by atoms with E-state index in [4.69, 9.17) is 23.2 Å². The van der Waals surface area contributed by atoms with Crippen LogP contribution in [0.3, 0.4) is 0 Å². The molecule has 3 rings (SSSR count). The maximum absolute atomic E-state index is 13.5. The minimum atomic E-state index is -5.30. The van der Waals surface area contributed by atoms with Crippen molar-refractivity contribution in [1.82, 2.24) is 0 Å². The average molecular weight is 538 g/mol. The fourth-order valence-corrected chi connectivity index (χ4v) is 5.14. The molecule has 0 aliphatic heterocycles. The van der Waals surface area contributed by atoms with Gasteiger partial charge in [0.2, 0.25) is 5.52 Å². The lowest BCUT2D eigenvalue weighted by atomic mass is 9.92. The number of alkyl halides is 6. The van der Waals surface area contributed by atoms with Gasteiger partial charge in [0.25, 0.3) is 0 Å². The zero-order valence-corrected chi connectivity index (χ0v) is 18.9. The van der Waals surface area contributed by atoms with Crippen molar-refractivity contribution in [2.75, 3.05) is 0 Å². The van der Waals surface area contributed by atoms with E-state index in [9.17, 15) is 40.5 Å². The molecule has 177 valence electrons. The molecule has 0 heterocycles. The van der Waals surface area contributed by atoms with Crippen molar-refractivity contribution in [1.29, 1.82) is 0 Å². The molecule has 1 atom stereocenters. The van der Waals surface area contributed by atoms with Crippen LogP contribution in [0.4, 0.5) is 26.3 Å². The zero-order chi connectivity index (χ0) is 25.4. The van der Waals surface area contributed by atoms with E-state index in [-0.39, 0.29) is 15.6 Å². The van der Waals surface area contributed by atoms with Crippen LogP contribution in [-0.2, 0) is 16.9 Å². The number of hydrogen-bond acceptors (Lipinski definition) is 3. The molecule has 1 unspecified atom stereocenters. The van der Waals surface area contributed by atoms with Crippen LogP contribution in [0, 0.1) is 0 Å². The van der Waals surface area contributed by atoms with Crippen molar-refractivity contribution in [2.45, 2.75) is 12.4 Å². The minimum absolute atomic E-state index is 0.175. The van der Waals surface area contributed by atoms with E-state index in [1.165, 1.54) is 24.3 Å². The van der Waals surface area contributed by atoms with E-state index in [1.54, 1.807) is 0 Å². The van der Waals surface area contributed by atoms with Crippen LogP contribution in [-0.4, -0.2) is 11.3 Å². The summed E-state index contributed by atoms with van der Waals surface area (Å²) < 4.78 is 94.2. The van der Waals surface area contributed by atoms with Crippen LogP contribution < -0.4 is 5.30 Å². The molecule has 1 radical (unpaired) electrons. The lowest BCUT2D eigenvalue weighted by Gasteiger charge is -2.18. The summed E-state index contributed by atoms with van der Waals surface area (Å²) in [5.41, 5.74) is -7.58. The van der Waals surface area contributed by atoms with Gasteiger partial charge in [0.1, 0.15) is 0 Å². The molecule has 0 aromatic heterocycles. The molecule has 0 aliphatic rings. The third-order valence-electron chi connectivity index (χ3n) is 4.63. The van der Waals surface area contributed by atoms with E-state index >= 15 is 0 Å². The first-order chi connectivity index (χ1) is 15.7. The van der Waals surface area contributed by atoms with E-state index in [0.29, 0.717) is 18.2 Å². The van der Waals surface area contributed by atoms with Crippen LogP contribution in [0.15, 0.2) is 60.7 Å². The second-order valence-corrected chi connectivity index (χ2v) is 9.06. The first kappa shape index (κ1) is 25.9. The molecule has 3 aromatic carbocycles. The number of carbonyl (C=O) groups excluding carboxylic acids is 2. The second kappa shape index (κ2) is 9.49. The van der Waals surface area contributed by atoms with E-state index in [2.05, 4.69) is 0 Å². The first-order valence-corrected chi connectivity index (χ1v) is 11.1. The summed E-state index contributed by atoms with van der Waals surface area (Å²) in [5, 5.41) is -0.911. The molecular weight excluding hydrogens is 528 g/mol. The SMILES string of the molecule is O=C(c1ccccc1[P](=O)C(=O)c1c(Cl)cccc1Cl)c1c(C(F)(F)F)cccc1C(F)(F)F. The molecule has 12 heteroatoms. The van der Waals surface area contributed by atoms with Crippen molar-refractivity contribution in [3.05, 3.63) is 98.5 Å². The Labute approximate surface area is 199 Å². The Morgan fingerprint density at radius 2 is 1.15 bits per heavy atom. The van der Waals surface area contributed by atoms with Crippen LogP contribution in [0.25, 0.3) is 0 Å². The predicted octanol–water partition coefficient (Wildman–Crippen LogP) is 7.56. The molecule has 0 fully saturated rings. The molecule has 34 heavy (non-hydrogen) atoms. The number of halogens is 8. The Kier molecular flexibility index (Phi) is 7.22. The number of rotatable bonds is 5. The number of hydrogen-bond donors (Lipinski definition) is 0. The molecule has 0 saturated carbocycles. The molecule has 0 bridgehead atoms. The summed E-state index contributed by atoms with van der Waals surface area (Å²) in [6, 6.07) is 9.40. The van der Waals surface area contributed by atoms with Gasteiger partial charge in [0, 0.05) is 11.1 Å².